The molecule has 0 aromatic carbocycles. The molecule has 6 nitrogen and oxygen atoms in total. The predicted molar refractivity (Wildman–Crippen MR) is 18.7 cm³/mol. The molecule has 0 aromatic heterocycles. The van der Waals surface area contributed by atoms with Crippen molar-refractivity contribution in [2.45, 2.75) is 0 Å². The second kappa shape index (κ2) is 11.4. The molecule has 7 heteroatoms. The molecule has 0 aliphatic heterocycles. The summed E-state index contributed by atoms with van der Waals surface area (Å²) in [6, 6.07) is 0. The Labute approximate surface area is 109 Å². The summed E-state index contributed by atoms with van der Waals surface area (Å²) in [7, 11) is 0. The molecule has 0 saturated carbocycles. The van der Waals surface area contributed by atoms with Crippen LogP contribution in [-0.2, 0) is 0 Å². The summed E-state index contributed by atoms with van der Waals surface area (Å²) < 4.78 is 0. The molecule has 0 aliphatic carbocycles. The summed E-state index contributed by atoms with van der Waals surface area (Å²) in [5, 5.41) is 29.2. The van der Waals surface area contributed by atoms with E-state index in [0.29, 0.717) is 0 Å². The molecule has 0 amide bonds. The summed E-state index contributed by atoms with van der Waals surface area (Å²) in [6.45, 7) is 0. The van der Waals surface area contributed by atoms with Crippen molar-refractivity contribution in [2.24, 2.45) is 0 Å². The first-order chi connectivity index (χ1) is 3.46. The molecule has 0 heterocycles. The van der Waals surface area contributed by atoms with Crippen LogP contribution >= 0.6 is 0 Å². The van der Waals surface area contributed by atoms with Gasteiger partial charge in [-0.15, -0.1) is 0 Å². The molecular formula is C2H3CsO6. The zero-order valence-electron chi connectivity index (χ0n) is 4.57. The van der Waals surface area contributed by atoms with Gasteiger partial charge in [0.25, 0.3) is 0 Å². The van der Waals surface area contributed by atoms with Gasteiger partial charge >= 0.3 is 75.0 Å². The third kappa shape index (κ3) is 1070. The minimum atomic E-state index is -2.08. The van der Waals surface area contributed by atoms with Crippen molar-refractivity contribution in [2.75, 3.05) is 0 Å². The topological polar surface area (TPSA) is 118 Å². The van der Waals surface area contributed by atoms with E-state index in [2.05, 4.69) is 0 Å². The molecule has 0 bridgehead atoms. The fourth-order valence-electron chi connectivity index (χ4n) is 0. The summed E-state index contributed by atoms with van der Waals surface area (Å²) >= 11 is 0. The largest absolute Gasteiger partial charge is 1.00 e. The van der Waals surface area contributed by atoms with Crippen LogP contribution in [0.2, 0.25) is 0 Å². The number of hydrogen-bond donors (Lipinski definition) is 3. The van der Waals surface area contributed by atoms with Gasteiger partial charge in [0.15, 0.2) is 0 Å². The van der Waals surface area contributed by atoms with E-state index in [0.717, 1.165) is 0 Å². The first kappa shape index (κ1) is 16.3. The summed E-state index contributed by atoms with van der Waals surface area (Å²) in [4.78, 5) is 17.0. The molecular weight excluding hydrogens is 253 g/mol. The maximum absolute atomic E-state index is 8.56. The third-order valence-corrected chi connectivity index (χ3v) is 0. The monoisotopic (exact) mass is 256 g/mol. The molecule has 48 valence electrons. The van der Waals surface area contributed by atoms with E-state index < -0.39 is 12.3 Å². The maximum atomic E-state index is 8.56. The van der Waals surface area contributed by atoms with E-state index in [1.54, 1.807) is 0 Å². The Morgan fingerprint density at radius 3 is 1.11 bits per heavy atom. The molecule has 0 atom stereocenters. The van der Waals surface area contributed by atoms with Gasteiger partial charge in [-0.05, 0) is 0 Å². The quantitative estimate of drug-likeness (QED) is 0.408. The molecule has 0 aromatic rings. The van der Waals surface area contributed by atoms with Crippen LogP contribution < -0.4 is 74.0 Å². The molecule has 0 unspecified atom stereocenters. The van der Waals surface area contributed by atoms with Crippen molar-refractivity contribution >= 4 is 12.3 Å². The van der Waals surface area contributed by atoms with Crippen LogP contribution in [0.15, 0.2) is 0 Å². The van der Waals surface area contributed by atoms with Gasteiger partial charge in [-0.3, -0.25) is 0 Å². The van der Waals surface area contributed by atoms with Crippen LogP contribution in [0.3, 0.4) is 0 Å². The van der Waals surface area contributed by atoms with Crippen molar-refractivity contribution in [1.29, 1.82) is 0 Å². The van der Waals surface area contributed by atoms with Crippen LogP contribution in [0, 0.1) is 0 Å². The molecule has 0 rings (SSSR count). The predicted octanol–water partition coefficient (Wildman–Crippen LogP) is -3.89. The van der Waals surface area contributed by atoms with E-state index in [4.69, 9.17) is 30.0 Å². The van der Waals surface area contributed by atoms with Crippen molar-refractivity contribution in [3.05, 3.63) is 0 Å². The van der Waals surface area contributed by atoms with Gasteiger partial charge in [-0.2, -0.15) is 0 Å². The molecule has 0 aliphatic rings. The Balaban J connectivity index is -0.0000000720. The molecule has 0 radical (unpaired) electrons. The fraction of sp³-hybridized carbons (Fsp3) is 0. The first-order valence-corrected chi connectivity index (χ1v) is 1.28. The minimum Gasteiger partial charge on any atom is -0.565 e. The van der Waals surface area contributed by atoms with Crippen LogP contribution in [0.5, 0.6) is 0 Å². The third-order valence-electron chi connectivity index (χ3n) is 0. The number of carbonyl (C=O) groups is 2. The van der Waals surface area contributed by atoms with Crippen molar-refractivity contribution < 1.29 is 98.9 Å². The number of rotatable bonds is 0. The van der Waals surface area contributed by atoms with E-state index >= 15 is 0 Å². The average Bonchev–Trinajstić information content (AvgIpc) is 1.25. The normalized spacial score (nSPS) is 5.33. The van der Waals surface area contributed by atoms with Gasteiger partial charge < -0.3 is 25.2 Å². The SMILES string of the molecule is O=C(O)O.O=C([O-])O.[Cs+]. The molecule has 0 saturated heterocycles. The van der Waals surface area contributed by atoms with Crippen molar-refractivity contribution in [3.8, 4) is 0 Å². The number of hydrogen-bond acceptors (Lipinski definition) is 3. The Hall–Kier alpha value is 0.592. The van der Waals surface area contributed by atoms with Gasteiger partial charge in [-0.1, -0.05) is 0 Å². The van der Waals surface area contributed by atoms with Crippen LogP contribution in [-0.4, -0.2) is 27.6 Å². The summed E-state index contributed by atoms with van der Waals surface area (Å²) in [5.74, 6) is 0. The van der Waals surface area contributed by atoms with Gasteiger partial charge in [-0.25, -0.2) is 4.79 Å². The summed E-state index contributed by atoms with van der Waals surface area (Å²) in [6.07, 6.45) is -3.92. The van der Waals surface area contributed by atoms with Crippen LogP contribution in [0.25, 0.3) is 0 Å². The molecule has 9 heavy (non-hydrogen) atoms. The van der Waals surface area contributed by atoms with E-state index in [9.17, 15) is 0 Å². The molecule has 3 N–H and O–H groups in total. The van der Waals surface area contributed by atoms with E-state index in [-0.39, 0.29) is 68.9 Å². The van der Waals surface area contributed by atoms with Gasteiger partial charge in [0.1, 0.15) is 0 Å². The minimum absolute atomic E-state index is 0. The maximum Gasteiger partial charge on any atom is 1.00 e. The van der Waals surface area contributed by atoms with Gasteiger partial charge in [0.2, 0.25) is 6.16 Å². The van der Waals surface area contributed by atoms with E-state index in [1.807, 2.05) is 0 Å². The Bertz CT molecular complexity index is 69.1. The second-order valence-corrected chi connectivity index (χ2v) is 0.548. The van der Waals surface area contributed by atoms with Crippen LogP contribution in [0.1, 0.15) is 0 Å². The standard InChI is InChI=1S/2CH2O3.Cs/c2*2-1(3)4;/h2*(H2,2,3,4);/q;;+1/p-1. The average molecular weight is 256 g/mol. The van der Waals surface area contributed by atoms with Crippen molar-refractivity contribution in [1.82, 2.24) is 0 Å². The van der Waals surface area contributed by atoms with Crippen LogP contribution in [0.4, 0.5) is 9.59 Å². The molecule has 0 fully saturated rings. The van der Waals surface area contributed by atoms with E-state index in [1.165, 1.54) is 0 Å². The zero-order valence-corrected chi connectivity index (χ0v) is 10.8. The Morgan fingerprint density at radius 1 is 1.11 bits per heavy atom. The summed E-state index contributed by atoms with van der Waals surface area (Å²) in [5.41, 5.74) is 0. The van der Waals surface area contributed by atoms with Gasteiger partial charge in [0.05, 0.1) is 0 Å². The zero-order chi connectivity index (χ0) is 7.15. The first-order valence-electron chi connectivity index (χ1n) is 1.28. The smallest absolute Gasteiger partial charge is 0.565 e. The Kier molecular flexibility index (Phi) is 20.6. The second-order valence-electron chi connectivity index (χ2n) is 0.548. The fourth-order valence-corrected chi connectivity index (χ4v) is 0. The van der Waals surface area contributed by atoms with Gasteiger partial charge in [0, 0.05) is 0 Å². The number of carboxylic acid groups (broad SMARTS) is 4. The Morgan fingerprint density at radius 2 is 1.11 bits per heavy atom. The van der Waals surface area contributed by atoms with Crippen molar-refractivity contribution in [3.63, 3.8) is 0 Å². The molecule has 0 spiro atoms.